The highest BCUT2D eigenvalue weighted by Crippen LogP contribution is 2.25. The maximum atomic E-state index is 12.4. The molecule has 0 atom stereocenters. The Balaban J connectivity index is 1.74. The summed E-state index contributed by atoms with van der Waals surface area (Å²) in [6.07, 6.45) is 3.10. The molecule has 156 valence electrons. The topological polar surface area (TPSA) is 72.9 Å². The molecule has 0 aliphatic carbocycles. The minimum absolute atomic E-state index is 0.356. The van der Waals surface area contributed by atoms with Crippen LogP contribution in [0, 0.1) is 0 Å². The summed E-state index contributed by atoms with van der Waals surface area (Å²) in [5.41, 5.74) is -0.303. The second kappa shape index (κ2) is 7.78. The predicted molar refractivity (Wildman–Crippen MR) is 113 cm³/mol. The van der Waals surface area contributed by atoms with Crippen LogP contribution in [-0.2, 0) is 9.53 Å². The van der Waals surface area contributed by atoms with Gasteiger partial charge >= 0.3 is 5.97 Å². The summed E-state index contributed by atoms with van der Waals surface area (Å²) in [5, 5.41) is 0. The van der Waals surface area contributed by atoms with E-state index in [1.54, 1.807) is 83.2 Å². The molecule has 3 rings (SSSR count). The Hall–Kier alpha value is -3.41. The van der Waals surface area contributed by atoms with Gasteiger partial charge in [-0.3, -0.25) is 9.59 Å². The molecule has 1 aliphatic rings. The minimum Gasteiger partial charge on any atom is -0.476 e. The van der Waals surface area contributed by atoms with Crippen molar-refractivity contribution in [3.63, 3.8) is 0 Å². The molecule has 0 spiro atoms. The van der Waals surface area contributed by atoms with Crippen molar-refractivity contribution >= 4 is 23.9 Å². The quantitative estimate of drug-likeness (QED) is 0.541. The van der Waals surface area contributed by atoms with Gasteiger partial charge in [0.2, 0.25) is 0 Å². The van der Waals surface area contributed by atoms with E-state index in [9.17, 15) is 14.4 Å². The number of nitrogens with zero attached hydrogens (tertiary/aromatic N) is 1. The number of esters is 1. The number of fused-ring (bicyclic) bond motifs is 1. The number of hydrogen-bond acceptors (Lipinski definition) is 5. The third-order valence-electron chi connectivity index (χ3n) is 4.36. The highest BCUT2D eigenvalue weighted by atomic mass is 16.6. The molecule has 0 aromatic heterocycles. The molecule has 0 N–H and O–H groups in total. The molecule has 0 unspecified atom stereocenters. The van der Waals surface area contributed by atoms with Crippen LogP contribution < -0.4 is 4.74 Å². The number of rotatable bonds is 5. The van der Waals surface area contributed by atoms with Gasteiger partial charge in [0.05, 0.1) is 11.1 Å². The number of hydrogen-bond donors (Lipinski definition) is 0. The number of amides is 2. The first-order valence-electron chi connectivity index (χ1n) is 9.66. The SMILES string of the molecule is CC(C)(C)OC(=O)C(C)(C)Oc1cccc(/C=C/N2C(=O)c3ccccc3C2=O)c1. The van der Waals surface area contributed by atoms with Gasteiger partial charge in [-0.2, -0.15) is 0 Å². The Labute approximate surface area is 176 Å². The van der Waals surface area contributed by atoms with Crippen LogP contribution in [0.2, 0.25) is 0 Å². The van der Waals surface area contributed by atoms with Crippen LogP contribution >= 0.6 is 0 Å². The number of benzene rings is 2. The summed E-state index contributed by atoms with van der Waals surface area (Å²) in [4.78, 5) is 38.4. The molecule has 2 amide bonds. The molecule has 0 fully saturated rings. The van der Waals surface area contributed by atoms with E-state index in [4.69, 9.17) is 9.47 Å². The molecular formula is C24H25NO5. The Bertz CT molecular complexity index is 995. The smallest absolute Gasteiger partial charge is 0.350 e. The number of imide groups is 1. The molecule has 0 saturated heterocycles. The first-order chi connectivity index (χ1) is 14.0. The fourth-order valence-corrected chi connectivity index (χ4v) is 2.92. The van der Waals surface area contributed by atoms with Gasteiger partial charge in [0.15, 0.2) is 5.60 Å². The zero-order valence-electron chi connectivity index (χ0n) is 17.8. The minimum atomic E-state index is -1.18. The molecule has 6 nitrogen and oxygen atoms in total. The number of ether oxygens (including phenoxy) is 2. The molecule has 0 radical (unpaired) electrons. The normalized spacial score (nSPS) is 14.2. The second-order valence-electron chi connectivity index (χ2n) is 8.53. The summed E-state index contributed by atoms with van der Waals surface area (Å²) in [6.45, 7) is 8.67. The van der Waals surface area contributed by atoms with Gasteiger partial charge in [-0.05, 0) is 70.5 Å². The van der Waals surface area contributed by atoms with Crippen LogP contribution in [0.3, 0.4) is 0 Å². The summed E-state index contributed by atoms with van der Waals surface area (Å²) >= 11 is 0. The molecule has 0 bridgehead atoms. The highest BCUT2D eigenvalue weighted by molar-refractivity contribution is 6.22. The average molecular weight is 407 g/mol. The Morgan fingerprint density at radius 2 is 1.50 bits per heavy atom. The molecule has 2 aromatic carbocycles. The lowest BCUT2D eigenvalue weighted by Crippen LogP contribution is -2.43. The van der Waals surface area contributed by atoms with Crippen LogP contribution in [0.5, 0.6) is 5.75 Å². The summed E-state index contributed by atoms with van der Waals surface area (Å²) in [6, 6.07) is 13.7. The van der Waals surface area contributed by atoms with Gasteiger partial charge in [0.25, 0.3) is 11.8 Å². The molecule has 1 aliphatic heterocycles. The lowest BCUT2D eigenvalue weighted by atomic mass is 10.1. The zero-order chi connectivity index (χ0) is 22.1. The standard InChI is InChI=1S/C24H25NO5/c1-23(2,3)30-22(28)24(4,5)29-17-10-8-9-16(15-17)13-14-25-20(26)18-11-6-7-12-19(18)21(25)27/h6-15H,1-5H3/b14-13+. The van der Waals surface area contributed by atoms with E-state index < -0.39 is 17.2 Å². The van der Waals surface area contributed by atoms with Gasteiger partial charge in [0.1, 0.15) is 11.4 Å². The van der Waals surface area contributed by atoms with Crippen molar-refractivity contribution in [2.75, 3.05) is 0 Å². The van der Waals surface area contributed by atoms with Crippen LogP contribution in [-0.4, -0.2) is 33.9 Å². The van der Waals surface area contributed by atoms with Gasteiger partial charge in [-0.15, -0.1) is 0 Å². The lowest BCUT2D eigenvalue weighted by molar-refractivity contribution is -0.170. The van der Waals surface area contributed by atoms with Crippen LogP contribution in [0.25, 0.3) is 6.08 Å². The molecular weight excluding hydrogens is 382 g/mol. The number of carbonyl (C=O) groups excluding carboxylic acids is 3. The molecule has 2 aromatic rings. The Morgan fingerprint density at radius 1 is 0.900 bits per heavy atom. The van der Waals surface area contributed by atoms with E-state index in [2.05, 4.69) is 0 Å². The molecule has 6 heteroatoms. The maximum absolute atomic E-state index is 12.4. The fraction of sp³-hybridized carbons (Fsp3) is 0.292. The number of carbonyl (C=O) groups is 3. The van der Waals surface area contributed by atoms with Gasteiger partial charge < -0.3 is 9.47 Å². The molecule has 0 saturated carbocycles. The van der Waals surface area contributed by atoms with E-state index in [1.165, 1.54) is 6.20 Å². The molecule has 1 heterocycles. The van der Waals surface area contributed by atoms with E-state index in [0.29, 0.717) is 22.4 Å². The highest BCUT2D eigenvalue weighted by Gasteiger charge is 2.35. The summed E-state index contributed by atoms with van der Waals surface area (Å²) < 4.78 is 11.3. The van der Waals surface area contributed by atoms with Crippen molar-refractivity contribution in [2.24, 2.45) is 0 Å². The monoisotopic (exact) mass is 407 g/mol. The van der Waals surface area contributed by atoms with E-state index >= 15 is 0 Å². The van der Waals surface area contributed by atoms with Crippen molar-refractivity contribution in [2.45, 2.75) is 45.8 Å². The van der Waals surface area contributed by atoms with Crippen molar-refractivity contribution in [1.29, 1.82) is 0 Å². The van der Waals surface area contributed by atoms with Crippen molar-refractivity contribution < 1.29 is 23.9 Å². The maximum Gasteiger partial charge on any atom is 0.350 e. The van der Waals surface area contributed by atoms with Crippen molar-refractivity contribution in [3.8, 4) is 5.75 Å². The van der Waals surface area contributed by atoms with Crippen molar-refractivity contribution in [1.82, 2.24) is 4.90 Å². The van der Waals surface area contributed by atoms with E-state index in [1.807, 2.05) is 6.07 Å². The van der Waals surface area contributed by atoms with Gasteiger partial charge in [-0.25, -0.2) is 9.69 Å². The Kier molecular flexibility index (Phi) is 5.53. The third kappa shape index (κ3) is 4.59. The predicted octanol–water partition coefficient (Wildman–Crippen LogP) is 4.45. The van der Waals surface area contributed by atoms with E-state index in [0.717, 1.165) is 4.90 Å². The summed E-state index contributed by atoms with van der Waals surface area (Å²) in [5.74, 6) is -0.715. The Morgan fingerprint density at radius 3 is 2.07 bits per heavy atom. The third-order valence-corrected chi connectivity index (χ3v) is 4.36. The van der Waals surface area contributed by atoms with Crippen LogP contribution in [0.4, 0.5) is 0 Å². The first-order valence-corrected chi connectivity index (χ1v) is 9.66. The lowest BCUT2D eigenvalue weighted by Gasteiger charge is -2.29. The van der Waals surface area contributed by atoms with Crippen molar-refractivity contribution in [3.05, 3.63) is 71.4 Å². The molecule has 30 heavy (non-hydrogen) atoms. The zero-order valence-corrected chi connectivity index (χ0v) is 17.8. The first kappa shape index (κ1) is 21.3. The van der Waals surface area contributed by atoms with Gasteiger partial charge in [0, 0.05) is 6.20 Å². The van der Waals surface area contributed by atoms with Crippen LogP contribution in [0.15, 0.2) is 54.7 Å². The summed E-state index contributed by atoms with van der Waals surface area (Å²) in [7, 11) is 0. The second-order valence-corrected chi connectivity index (χ2v) is 8.53. The van der Waals surface area contributed by atoms with Gasteiger partial charge in [-0.1, -0.05) is 24.3 Å². The fourth-order valence-electron chi connectivity index (χ4n) is 2.92. The largest absolute Gasteiger partial charge is 0.476 e. The van der Waals surface area contributed by atoms with Crippen LogP contribution in [0.1, 0.15) is 60.9 Å². The average Bonchev–Trinajstić information content (AvgIpc) is 2.89. The van der Waals surface area contributed by atoms with E-state index in [-0.39, 0.29) is 11.8 Å².